The Morgan fingerprint density at radius 3 is 2.71 bits per heavy atom. The van der Waals surface area contributed by atoms with Crippen molar-refractivity contribution in [1.82, 2.24) is 4.90 Å². The van der Waals surface area contributed by atoms with Gasteiger partial charge in [-0.2, -0.15) is 0 Å². The van der Waals surface area contributed by atoms with Crippen LogP contribution in [0.3, 0.4) is 0 Å². The van der Waals surface area contributed by atoms with Crippen LogP contribution in [0.5, 0.6) is 0 Å². The zero-order valence-corrected chi connectivity index (χ0v) is 14.7. The van der Waals surface area contributed by atoms with Gasteiger partial charge in [0, 0.05) is 23.8 Å². The van der Waals surface area contributed by atoms with Gasteiger partial charge in [0.25, 0.3) is 0 Å². The van der Waals surface area contributed by atoms with Crippen molar-refractivity contribution < 1.29 is 4.79 Å². The maximum Gasteiger partial charge on any atom is 0.228 e. The molecule has 0 unspecified atom stereocenters. The number of anilines is 1. The number of halogens is 1. The van der Waals surface area contributed by atoms with Crippen LogP contribution in [0.15, 0.2) is 48.5 Å². The van der Waals surface area contributed by atoms with Gasteiger partial charge in [-0.1, -0.05) is 41.9 Å². The van der Waals surface area contributed by atoms with E-state index in [0.717, 1.165) is 48.7 Å². The number of carbonyl (C=O) groups excluding carboxylic acids is 1. The first-order valence-electron chi connectivity index (χ1n) is 8.45. The van der Waals surface area contributed by atoms with Gasteiger partial charge in [0.1, 0.15) is 0 Å². The average Bonchev–Trinajstić information content (AvgIpc) is 2.59. The Labute approximate surface area is 148 Å². The number of likely N-dealkylation sites (tertiary alicyclic amines) is 1. The van der Waals surface area contributed by atoms with E-state index < -0.39 is 0 Å². The lowest BCUT2D eigenvalue weighted by Crippen LogP contribution is -2.40. The van der Waals surface area contributed by atoms with Crippen molar-refractivity contribution in [2.75, 3.05) is 18.4 Å². The molecule has 3 rings (SSSR count). The van der Waals surface area contributed by atoms with Crippen LogP contribution in [-0.2, 0) is 11.3 Å². The molecule has 2 aromatic rings. The molecule has 0 spiro atoms. The fourth-order valence-electron chi connectivity index (χ4n) is 3.21. The number of nitrogens with one attached hydrogen (secondary N) is 1. The smallest absolute Gasteiger partial charge is 0.228 e. The molecule has 126 valence electrons. The number of hydrogen-bond acceptors (Lipinski definition) is 2. The van der Waals surface area contributed by atoms with E-state index in [4.69, 9.17) is 11.6 Å². The monoisotopic (exact) mass is 342 g/mol. The van der Waals surface area contributed by atoms with E-state index in [1.165, 1.54) is 5.56 Å². The van der Waals surface area contributed by atoms with Gasteiger partial charge in [-0.15, -0.1) is 0 Å². The van der Waals surface area contributed by atoms with Crippen LogP contribution >= 0.6 is 11.6 Å². The number of benzene rings is 2. The Morgan fingerprint density at radius 1 is 1.21 bits per heavy atom. The highest BCUT2D eigenvalue weighted by Crippen LogP contribution is 2.22. The number of nitrogens with zero attached hydrogens (tertiary/aromatic N) is 1. The van der Waals surface area contributed by atoms with Gasteiger partial charge in [0.2, 0.25) is 5.91 Å². The molecule has 1 fully saturated rings. The molecule has 24 heavy (non-hydrogen) atoms. The molecule has 0 radical (unpaired) electrons. The van der Waals surface area contributed by atoms with E-state index in [1.54, 1.807) is 0 Å². The zero-order chi connectivity index (χ0) is 16.9. The number of carbonyl (C=O) groups is 1. The molecular weight excluding hydrogens is 320 g/mol. The molecule has 0 aromatic heterocycles. The maximum absolute atomic E-state index is 12.6. The zero-order valence-electron chi connectivity index (χ0n) is 14.0. The second-order valence-corrected chi connectivity index (χ2v) is 6.94. The SMILES string of the molecule is Cc1ccccc1NC(=O)[C@H]1CCCN(Cc2ccc(Cl)cc2)C1. The van der Waals surface area contributed by atoms with E-state index in [9.17, 15) is 4.79 Å². The molecule has 1 aliphatic heterocycles. The van der Waals surface area contributed by atoms with E-state index >= 15 is 0 Å². The summed E-state index contributed by atoms with van der Waals surface area (Å²) in [6.45, 7) is 4.73. The highest BCUT2D eigenvalue weighted by Gasteiger charge is 2.26. The van der Waals surface area contributed by atoms with E-state index in [-0.39, 0.29) is 11.8 Å². The lowest BCUT2D eigenvalue weighted by atomic mass is 9.96. The van der Waals surface area contributed by atoms with Crippen molar-refractivity contribution in [3.63, 3.8) is 0 Å². The lowest BCUT2D eigenvalue weighted by Gasteiger charge is -2.32. The first kappa shape index (κ1) is 17.0. The highest BCUT2D eigenvalue weighted by molar-refractivity contribution is 6.30. The molecule has 1 heterocycles. The highest BCUT2D eigenvalue weighted by atomic mass is 35.5. The fraction of sp³-hybridized carbons (Fsp3) is 0.350. The van der Waals surface area contributed by atoms with Crippen molar-refractivity contribution in [3.05, 3.63) is 64.7 Å². The summed E-state index contributed by atoms with van der Waals surface area (Å²) in [4.78, 5) is 15.0. The fourth-order valence-corrected chi connectivity index (χ4v) is 3.34. The topological polar surface area (TPSA) is 32.3 Å². The van der Waals surface area contributed by atoms with Gasteiger partial charge in [0.05, 0.1) is 5.92 Å². The molecule has 0 bridgehead atoms. The number of amides is 1. The Hall–Kier alpha value is -1.84. The molecule has 1 atom stereocenters. The van der Waals surface area contributed by atoms with Gasteiger partial charge in [0.15, 0.2) is 0 Å². The molecule has 4 heteroatoms. The number of piperidine rings is 1. The first-order chi connectivity index (χ1) is 11.6. The Kier molecular flexibility index (Phi) is 5.54. The Morgan fingerprint density at radius 2 is 1.96 bits per heavy atom. The summed E-state index contributed by atoms with van der Waals surface area (Å²) in [6.07, 6.45) is 2.01. The van der Waals surface area contributed by atoms with Crippen LogP contribution in [0.4, 0.5) is 5.69 Å². The third-order valence-corrected chi connectivity index (χ3v) is 4.85. The molecule has 0 saturated carbocycles. The molecule has 1 aliphatic rings. The van der Waals surface area contributed by atoms with E-state index in [1.807, 2.05) is 43.3 Å². The van der Waals surface area contributed by atoms with Crippen LogP contribution in [0.1, 0.15) is 24.0 Å². The van der Waals surface area contributed by atoms with Gasteiger partial charge in [-0.05, 0) is 55.6 Å². The standard InChI is InChI=1S/C20H23ClN2O/c1-15-5-2-3-7-19(15)22-20(24)17-6-4-12-23(14-17)13-16-8-10-18(21)11-9-16/h2-3,5,7-11,17H,4,6,12-14H2,1H3,(H,22,24)/t17-/m0/s1. The summed E-state index contributed by atoms with van der Waals surface area (Å²) in [6, 6.07) is 15.9. The minimum absolute atomic E-state index is 0.0469. The number of rotatable bonds is 4. The second-order valence-electron chi connectivity index (χ2n) is 6.50. The third kappa shape index (κ3) is 4.37. The van der Waals surface area contributed by atoms with Gasteiger partial charge < -0.3 is 5.32 Å². The van der Waals surface area contributed by atoms with Gasteiger partial charge in [-0.3, -0.25) is 9.69 Å². The van der Waals surface area contributed by atoms with Gasteiger partial charge >= 0.3 is 0 Å². The van der Waals surface area contributed by atoms with Crippen LogP contribution in [-0.4, -0.2) is 23.9 Å². The molecule has 1 N–H and O–H groups in total. The van der Waals surface area contributed by atoms with Gasteiger partial charge in [-0.25, -0.2) is 0 Å². The summed E-state index contributed by atoms with van der Waals surface area (Å²) in [5.74, 6) is 0.177. The van der Waals surface area contributed by atoms with E-state index in [0.29, 0.717) is 0 Å². The molecule has 0 aliphatic carbocycles. The van der Waals surface area contributed by atoms with Crippen molar-refractivity contribution in [2.24, 2.45) is 5.92 Å². The minimum atomic E-state index is 0.0469. The van der Waals surface area contributed by atoms with Crippen LogP contribution in [0.25, 0.3) is 0 Å². The number of hydrogen-bond donors (Lipinski definition) is 1. The predicted octanol–water partition coefficient (Wildman–Crippen LogP) is 4.50. The lowest BCUT2D eigenvalue weighted by molar-refractivity contribution is -0.121. The van der Waals surface area contributed by atoms with Crippen molar-refractivity contribution >= 4 is 23.2 Å². The molecule has 2 aromatic carbocycles. The second kappa shape index (κ2) is 7.82. The summed E-state index contributed by atoms with van der Waals surface area (Å²) < 4.78 is 0. The third-order valence-electron chi connectivity index (χ3n) is 4.60. The first-order valence-corrected chi connectivity index (χ1v) is 8.83. The number of aryl methyl sites for hydroxylation is 1. The normalized spacial score (nSPS) is 18.3. The summed E-state index contributed by atoms with van der Waals surface area (Å²) in [7, 11) is 0. The number of para-hydroxylation sites is 1. The molecular formula is C20H23ClN2O. The molecule has 1 saturated heterocycles. The Bertz CT molecular complexity index is 699. The van der Waals surface area contributed by atoms with Crippen molar-refractivity contribution in [1.29, 1.82) is 0 Å². The molecule has 3 nitrogen and oxygen atoms in total. The van der Waals surface area contributed by atoms with E-state index in [2.05, 4.69) is 22.3 Å². The largest absolute Gasteiger partial charge is 0.326 e. The van der Waals surface area contributed by atoms with Crippen molar-refractivity contribution in [2.45, 2.75) is 26.3 Å². The van der Waals surface area contributed by atoms with Crippen LogP contribution in [0.2, 0.25) is 5.02 Å². The molecule has 1 amide bonds. The van der Waals surface area contributed by atoms with Crippen LogP contribution in [0, 0.1) is 12.8 Å². The quantitative estimate of drug-likeness (QED) is 0.887. The summed E-state index contributed by atoms with van der Waals surface area (Å²) in [5.41, 5.74) is 3.25. The summed E-state index contributed by atoms with van der Waals surface area (Å²) in [5, 5.41) is 3.85. The minimum Gasteiger partial charge on any atom is -0.326 e. The van der Waals surface area contributed by atoms with Crippen LogP contribution < -0.4 is 5.32 Å². The Balaban J connectivity index is 1.59. The summed E-state index contributed by atoms with van der Waals surface area (Å²) >= 11 is 5.94. The average molecular weight is 343 g/mol. The van der Waals surface area contributed by atoms with Crippen molar-refractivity contribution in [3.8, 4) is 0 Å². The predicted molar refractivity (Wildman–Crippen MR) is 99.3 cm³/mol. The maximum atomic E-state index is 12.6.